The van der Waals surface area contributed by atoms with Gasteiger partial charge in [0.25, 0.3) is 5.91 Å². The Balaban J connectivity index is 1.46. The number of rotatable bonds is 5. The van der Waals surface area contributed by atoms with E-state index in [0.29, 0.717) is 24.6 Å². The van der Waals surface area contributed by atoms with Crippen LogP contribution in [-0.2, 0) is 6.42 Å². The zero-order valence-electron chi connectivity index (χ0n) is 16.8. The van der Waals surface area contributed by atoms with Gasteiger partial charge in [-0.3, -0.25) is 4.79 Å². The van der Waals surface area contributed by atoms with Crippen LogP contribution in [0.2, 0.25) is 0 Å². The topological polar surface area (TPSA) is 68.5 Å². The molecule has 6 nitrogen and oxygen atoms in total. The molecule has 2 aromatic heterocycles. The Hall–Kier alpha value is -3.15. The lowest BCUT2D eigenvalue weighted by molar-refractivity contribution is 0.0691. The molecular weight excluding hydrogens is 366 g/mol. The summed E-state index contributed by atoms with van der Waals surface area (Å²) in [5.74, 6) is 2.41. The zero-order chi connectivity index (χ0) is 20.2. The monoisotopic (exact) mass is 391 g/mol. The predicted molar refractivity (Wildman–Crippen MR) is 109 cm³/mol. The molecule has 6 heteroatoms. The molecule has 29 heavy (non-hydrogen) atoms. The molecule has 1 aromatic carbocycles. The molecule has 1 amide bonds. The van der Waals surface area contributed by atoms with Crippen molar-refractivity contribution in [2.75, 3.05) is 20.2 Å². The number of carbonyl (C=O) groups excluding carboxylic acids is 1. The Morgan fingerprint density at radius 3 is 2.93 bits per heavy atom. The Bertz CT molecular complexity index is 998. The fraction of sp³-hybridized carbons (Fsp3) is 0.348. The highest BCUT2D eigenvalue weighted by atomic mass is 16.5. The van der Waals surface area contributed by atoms with Gasteiger partial charge in [0.05, 0.1) is 19.2 Å². The van der Waals surface area contributed by atoms with Crippen LogP contribution in [0.3, 0.4) is 0 Å². The van der Waals surface area contributed by atoms with Crippen molar-refractivity contribution in [2.45, 2.75) is 32.1 Å². The summed E-state index contributed by atoms with van der Waals surface area (Å²) < 4.78 is 11.5. The molecule has 3 heterocycles. The number of methoxy groups -OCH3 is 1. The molecule has 0 radical (unpaired) electrons. The number of carbonyl (C=O) groups is 1. The molecule has 1 fully saturated rings. The molecule has 0 spiro atoms. The van der Waals surface area contributed by atoms with Gasteiger partial charge >= 0.3 is 0 Å². The lowest BCUT2D eigenvalue weighted by atomic mass is 9.97. The van der Waals surface area contributed by atoms with Crippen molar-refractivity contribution >= 4 is 5.91 Å². The summed E-state index contributed by atoms with van der Waals surface area (Å²) >= 11 is 0. The maximum atomic E-state index is 12.8. The van der Waals surface area contributed by atoms with E-state index < -0.39 is 0 Å². The van der Waals surface area contributed by atoms with Gasteiger partial charge in [0.1, 0.15) is 17.2 Å². The largest absolute Gasteiger partial charge is 0.496 e. The van der Waals surface area contributed by atoms with Crippen LogP contribution in [0.4, 0.5) is 0 Å². The second-order valence-corrected chi connectivity index (χ2v) is 7.41. The third-order valence-corrected chi connectivity index (χ3v) is 5.29. The number of nitrogens with zero attached hydrogens (tertiary/aromatic N) is 3. The van der Waals surface area contributed by atoms with E-state index >= 15 is 0 Å². The third-order valence-electron chi connectivity index (χ3n) is 5.29. The molecule has 0 saturated carbocycles. The van der Waals surface area contributed by atoms with Crippen LogP contribution in [0.1, 0.15) is 52.2 Å². The first-order valence-corrected chi connectivity index (χ1v) is 9.93. The van der Waals surface area contributed by atoms with Crippen LogP contribution >= 0.6 is 0 Å². The number of piperidine rings is 1. The van der Waals surface area contributed by atoms with Gasteiger partial charge in [0.15, 0.2) is 5.89 Å². The average molecular weight is 391 g/mol. The summed E-state index contributed by atoms with van der Waals surface area (Å²) in [6.07, 6.45) is 4.29. The number of likely N-dealkylation sites (tertiary alicyclic amines) is 1. The first-order valence-electron chi connectivity index (χ1n) is 9.93. The number of pyridine rings is 1. The van der Waals surface area contributed by atoms with E-state index in [1.54, 1.807) is 19.4 Å². The normalized spacial score (nSPS) is 16.6. The van der Waals surface area contributed by atoms with Crippen molar-refractivity contribution < 1.29 is 13.9 Å². The number of amides is 1. The Labute approximate surface area is 170 Å². The maximum Gasteiger partial charge on any atom is 0.272 e. The van der Waals surface area contributed by atoms with E-state index in [0.717, 1.165) is 42.2 Å². The summed E-state index contributed by atoms with van der Waals surface area (Å²) in [4.78, 5) is 23.6. The lowest BCUT2D eigenvalue weighted by Gasteiger charge is -2.31. The fourth-order valence-electron chi connectivity index (χ4n) is 3.82. The maximum absolute atomic E-state index is 12.8. The summed E-state index contributed by atoms with van der Waals surface area (Å²) in [5, 5.41) is 0. The van der Waals surface area contributed by atoms with Gasteiger partial charge in [-0.05, 0) is 38.0 Å². The zero-order valence-corrected chi connectivity index (χ0v) is 16.8. The Morgan fingerprint density at radius 2 is 2.10 bits per heavy atom. The van der Waals surface area contributed by atoms with Crippen LogP contribution in [-0.4, -0.2) is 41.0 Å². The van der Waals surface area contributed by atoms with Crippen LogP contribution in [0.15, 0.2) is 53.1 Å². The standard InChI is InChI=1S/C23H25N3O3/c1-16-7-5-10-20(25-16)23(27)26-12-6-9-18(15-26)22-24-14-19(29-22)13-17-8-3-4-11-21(17)28-2/h3-5,7-8,10-11,14,18H,6,9,12-13,15H2,1-2H3. The second-order valence-electron chi connectivity index (χ2n) is 7.41. The minimum Gasteiger partial charge on any atom is -0.496 e. The highest BCUT2D eigenvalue weighted by Gasteiger charge is 2.29. The van der Waals surface area contributed by atoms with Crippen LogP contribution in [0.5, 0.6) is 5.75 Å². The predicted octanol–water partition coefficient (Wildman–Crippen LogP) is 4.00. The SMILES string of the molecule is COc1ccccc1Cc1cnc(C2CCCN(C(=O)c3cccc(C)n3)C2)o1. The molecule has 150 valence electrons. The lowest BCUT2D eigenvalue weighted by Crippen LogP contribution is -2.39. The van der Waals surface area contributed by atoms with Crippen molar-refractivity contribution in [1.29, 1.82) is 0 Å². The van der Waals surface area contributed by atoms with Gasteiger partial charge in [-0.1, -0.05) is 24.3 Å². The summed E-state index contributed by atoms with van der Waals surface area (Å²) in [5.41, 5.74) is 2.40. The van der Waals surface area contributed by atoms with Gasteiger partial charge < -0.3 is 14.1 Å². The minimum absolute atomic E-state index is 0.0285. The van der Waals surface area contributed by atoms with E-state index in [-0.39, 0.29) is 11.8 Å². The van der Waals surface area contributed by atoms with Gasteiger partial charge in [-0.2, -0.15) is 0 Å². The average Bonchev–Trinajstić information content (AvgIpc) is 3.22. The van der Waals surface area contributed by atoms with Gasteiger partial charge in [0, 0.05) is 30.8 Å². The van der Waals surface area contributed by atoms with Gasteiger partial charge in [-0.25, -0.2) is 9.97 Å². The molecule has 3 aromatic rings. The number of benzene rings is 1. The molecule has 1 aliphatic rings. The number of hydrogen-bond acceptors (Lipinski definition) is 5. The van der Waals surface area contributed by atoms with Crippen LogP contribution in [0, 0.1) is 6.92 Å². The number of oxazole rings is 1. The first-order chi connectivity index (χ1) is 14.1. The van der Waals surface area contributed by atoms with Crippen molar-refractivity contribution in [3.63, 3.8) is 0 Å². The minimum atomic E-state index is -0.0285. The number of ether oxygens (including phenoxy) is 1. The number of aromatic nitrogens is 2. The second kappa shape index (κ2) is 8.47. The molecule has 1 unspecified atom stereocenters. The summed E-state index contributed by atoms with van der Waals surface area (Å²) in [6, 6.07) is 13.4. The fourth-order valence-corrected chi connectivity index (χ4v) is 3.82. The number of para-hydroxylation sites is 1. The van der Waals surface area contributed by atoms with E-state index in [1.807, 2.05) is 48.2 Å². The van der Waals surface area contributed by atoms with Crippen molar-refractivity contribution in [2.24, 2.45) is 0 Å². The molecule has 1 atom stereocenters. The highest BCUT2D eigenvalue weighted by molar-refractivity contribution is 5.92. The molecule has 1 saturated heterocycles. The Morgan fingerprint density at radius 1 is 1.24 bits per heavy atom. The summed E-state index contributed by atoms with van der Waals surface area (Å²) in [6.45, 7) is 3.23. The molecule has 4 rings (SSSR count). The van der Waals surface area contributed by atoms with E-state index in [4.69, 9.17) is 9.15 Å². The van der Waals surface area contributed by atoms with E-state index in [1.165, 1.54) is 0 Å². The smallest absolute Gasteiger partial charge is 0.272 e. The van der Waals surface area contributed by atoms with Gasteiger partial charge in [-0.15, -0.1) is 0 Å². The van der Waals surface area contributed by atoms with Crippen LogP contribution < -0.4 is 4.74 Å². The van der Waals surface area contributed by atoms with E-state index in [9.17, 15) is 4.79 Å². The third kappa shape index (κ3) is 4.31. The highest BCUT2D eigenvalue weighted by Crippen LogP contribution is 2.29. The molecule has 1 aliphatic heterocycles. The van der Waals surface area contributed by atoms with E-state index in [2.05, 4.69) is 9.97 Å². The summed E-state index contributed by atoms with van der Waals surface area (Å²) in [7, 11) is 1.67. The molecule has 0 N–H and O–H groups in total. The van der Waals surface area contributed by atoms with Crippen molar-refractivity contribution in [1.82, 2.24) is 14.9 Å². The number of hydrogen-bond donors (Lipinski definition) is 0. The first kappa shape index (κ1) is 19.2. The molecule has 0 bridgehead atoms. The number of aryl methyl sites for hydroxylation is 1. The van der Waals surface area contributed by atoms with Crippen molar-refractivity contribution in [3.05, 3.63) is 77.3 Å². The Kier molecular flexibility index (Phi) is 5.60. The van der Waals surface area contributed by atoms with Crippen LogP contribution in [0.25, 0.3) is 0 Å². The molecule has 0 aliphatic carbocycles. The van der Waals surface area contributed by atoms with Crippen molar-refractivity contribution in [3.8, 4) is 5.75 Å². The molecular formula is C23H25N3O3. The quantitative estimate of drug-likeness (QED) is 0.658. The van der Waals surface area contributed by atoms with Gasteiger partial charge in [0.2, 0.25) is 0 Å².